The van der Waals surface area contributed by atoms with E-state index in [2.05, 4.69) is 5.32 Å². The molecule has 0 saturated heterocycles. The van der Waals surface area contributed by atoms with E-state index < -0.39 is 40.4 Å². The van der Waals surface area contributed by atoms with Crippen molar-refractivity contribution in [2.24, 2.45) is 5.41 Å². The molecule has 21 heavy (non-hydrogen) atoms. The third kappa shape index (κ3) is 3.37. The molecule has 0 aromatic heterocycles. The number of nitrogens with one attached hydrogen (secondary N) is 1. The van der Waals surface area contributed by atoms with Crippen molar-refractivity contribution < 1.29 is 23.1 Å². The van der Waals surface area contributed by atoms with Gasteiger partial charge in [-0.2, -0.15) is 0 Å². The lowest BCUT2D eigenvalue weighted by molar-refractivity contribution is 0.00186. The molecule has 2 atom stereocenters. The Morgan fingerprint density at radius 3 is 2.52 bits per heavy atom. The Morgan fingerprint density at radius 2 is 1.95 bits per heavy atom. The van der Waals surface area contributed by atoms with Gasteiger partial charge in [0.15, 0.2) is 0 Å². The summed E-state index contributed by atoms with van der Waals surface area (Å²) in [6, 6.07) is 0.935. The summed E-state index contributed by atoms with van der Waals surface area (Å²) in [5.74, 6) is -4.49. The monoisotopic (exact) mass is 301 g/mol. The fraction of sp³-hybridized carbons (Fsp3) is 0.533. The van der Waals surface area contributed by atoms with Gasteiger partial charge < -0.3 is 10.4 Å². The Labute approximate surface area is 121 Å². The summed E-state index contributed by atoms with van der Waals surface area (Å²) < 4.78 is 39.8. The van der Waals surface area contributed by atoms with Crippen LogP contribution in [0, 0.1) is 22.9 Å². The normalized spacial score (nSPS) is 25.7. The minimum Gasteiger partial charge on any atom is -0.392 e. The first kappa shape index (κ1) is 15.8. The Morgan fingerprint density at radius 1 is 1.33 bits per heavy atom. The standard InChI is InChI=1S/C15H18F3NO2/c1-15(5-3-2-4-12(15)20)8-19-14(21)13-10(17)6-9(16)7-11(13)18/h6-7,12,20H,2-5,8H2,1H3,(H,19,21)/t12-,15-/m1/s1. The van der Waals surface area contributed by atoms with Crippen LogP contribution in [0.15, 0.2) is 12.1 Å². The molecule has 0 aliphatic heterocycles. The maximum atomic E-state index is 13.5. The van der Waals surface area contributed by atoms with Crippen LogP contribution in [-0.4, -0.2) is 23.7 Å². The number of carbonyl (C=O) groups excluding carboxylic acids is 1. The molecule has 0 bridgehead atoms. The molecule has 1 fully saturated rings. The molecular formula is C15H18F3NO2. The van der Waals surface area contributed by atoms with Gasteiger partial charge in [-0.3, -0.25) is 4.79 Å². The molecule has 0 heterocycles. The van der Waals surface area contributed by atoms with Crippen molar-refractivity contribution in [2.75, 3.05) is 6.54 Å². The van der Waals surface area contributed by atoms with E-state index in [9.17, 15) is 23.1 Å². The van der Waals surface area contributed by atoms with Crippen molar-refractivity contribution in [1.82, 2.24) is 5.32 Å². The molecule has 0 spiro atoms. The highest BCUT2D eigenvalue weighted by Crippen LogP contribution is 2.35. The highest BCUT2D eigenvalue weighted by Gasteiger charge is 2.36. The van der Waals surface area contributed by atoms with Gasteiger partial charge in [0.1, 0.15) is 23.0 Å². The van der Waals surface area contributed by atoms with E-state index in [0.29, 0.717) is 18.6 Å². The average Bonchev–Trinajstić information content (AvgIpc) is 2.39. The maximum Gasteiger partial charge on any atom is 0.257 e. The van der Waals surface area contributed by atoms with Crippen molar-refractivity contribution in [3.8, 4) is 0 Å². The molecular weight excluding hydrogens is 283 g/mol. The van der Waals surface area contributed by atoms with E-state index in [1.165, 1.54) is 0 Å². The Hall–Kier alpha value is -1.56. The fourth-order valence-corrected chi connectivity index (χ4v) is 2.72. The number of amides is 1. The van der Waals surface area contributed by atoms with E-state index in [4.69, 9.17) is 0 Å². The predicted molar refractivity (Wildman–Crippen MR) is 71.2 cm³/mol. The number of rotatable bonds is 3. The molecule has 6 heteroatoms. The van der Waals surface area contributed by atoms with Crippen molar-refractivity contribution in [3.63, 3.8) is 0 Å². The SMILES string of the molecule is C[C@]1(CNC(=O)c2c(F)cc(F)cc2F)CCCC[C@H]1O. The smallest absolute Gasteiger partial charge is 0.257 e. The topological polar surface area (TPSA) is 49.3 Å². The van der Waals surface area contributed by atoms with Gasteiger partial charge in [-0.25, -0.2) is 13.2 Å². The van der Waals surface area contributed by atoms with Crippen molar-refractivity contribution in [3.05, 3.63) is 35.1 Å². The number of aliphatic hydroxyl groups excluding tert-OH is 1. The molecule has 116 valence electrons. The summed E-state index contributed by atoms with van der Waals surface area (Å²) >= 11 is 0. The summed E-state index contributed by atoms with van der Waals surface area (Å²) in [5.41, 5.74) is -1.31. The predicted octanol–water partition coefficient (Wildman–Crippen LogP) is 2.77. The zero-order valence-corrected chi connectivity index (χ0v) is 11.8. The van der Waals surface area contributed by atoms with Crippen LogP contribution < -0.4 is 5.32 Å². The van der Waals surface area contributed by atoms with E-state index in [0.717, 1.165) is 19.3 Å². The lowest BCUT2D eigenvalue weighted by Gasteiger charge is -2.38. The van der Waals surface area contributed by atoms with Gasteiger partial charge in [0.25, 0.3) is 5.91 Å². The molecule has 0 unspecified atom stereocenters. The highest BCUT2D eigenvalue weighted by molar-refractivity contribution is 5.94. The molecule has 0 radical (unpaired) electrons. The first-order chi connectivity index (χ1) is 9.83. The molecule has 1 aromatic rings. The fourth-order valence-electron chi connectivity index (χ4n) is 2.72. The maximum absolute atomic E-state index is 13.5. The molecule has 1 aliphatic rings. The van der Waals surface area contributed by atoms with Gasteiger partial charge >= 0.3 is 0 Å². The Kier molecular flexibility index (Phi) is 4.56. The number of hydrogen-bond donors (Lipinski definition) is 2. The van der Waals surface area contributed by atoms with Crippen LogP contribution in [-0.2, 0) is 0 Å². The van der Waals surface area contributed by atoms with Crippen LogP contribution in [0.1, 0.15) is 43.0 Å². The van der Waals surface area contributed by atoms with Gasteiger partial charge in [-0.1, -0.05) is 19.8 Å². The van der Waals surface area contributed by atoms with Crippen molar-refractivity contribution in [1.29, 1.82) is 0 Å². The van der Waals surface area contributed by atoms with E-state index in [-0.39, 0.29) is 6.54 Å². The van der Waals surface area contributed by atoms with Crippen molar-refractivity contribution >= 4 is 5.91 Å². The van der Waals surface area contributed by atoms with Crippen molar-refractivity contribution in [2.45, 2.75) is 38.7 Å². The van der Waals surface area contributed by atoms with Crippen LogP contribution >= 0.6 is 0 Å². The Balaban J connectivity index is 2.09. The summed E-state index contributed by atoms with van der Waals surface area (Å²) in [4.78, 5) is 11.9. The third-order valence-corrected chi connectivity index (χ3v) is 4.17. The molecule has 2 N–H and O–H groups in total. The lowest BCUT2D eigenvalue weighted by Crippen LogP contribution is -2.45. The van der Waals surface area contributed by atoms with Crippen LogP contribution in [0.25, 0.3) is 0 Å². The van der Waals surface area contributed by atoms with Gasteiger partial charge in [0.05, 0.1) is 6.10 Å². The van der Waals surface area contributed by atoms with Crippen LogP contribution in [0.2, 0.25) is 0 Å². The molecule has 2 rings (SSSR count). The number of carbonyl (C=O) groups is 1. The molecule has 1 aliphatic carbocycles. The van der Waals surface area contributed by atoms with Gasteiger partial charge in [0, 0.05) is 24.1 Å². The first-order valence-electron chi connectivity index (χ1n) is 6.94. The third-order valence-electron chi connectivity index (χ3n) is 4.17. The minimum atomic E-state index is -1.24. The second-order valence-electron chi connectivity index (χ2n) is 5.84. The minimum absolute atomic E-state index is 0.114. The van der Waals surface area contributed by atoms with E-state index >= 15 is 0 Å². The summed E-state index contributed by atoms with van der Waals surface area (Å²) in [6.07, 6.45) is 2.66. The number of halogens is 3. The second kappa shape index (κ2) is 6.05. The van der Waals surface area contributed by atoms with Crippen LogP contribution in [0.3, 0.4) is 0 Å². The largest absolute Gasteiger partial charge is 0.392 e. The van der Waals surface area contributed by atoms with Gasteiger partial charge in [0.2, 0.25) is 0 Å². The van der Waals surface area contributed by atoms with E-state index in [1.807, 2.05) is 6.92 Å². The summed E-state index contributed by atoms with van der Waals surface area (Å²) in [7, 11) is 0. The quantitative estimate of drug-likeness (QED) is 0.902. The zero-order valence-electron chi connectivity index (χ0n) is 11.8. The highest BCUT2D eigenvalue weighted by atomic mass is 19.1. The number of hydrogen-bond acceptors (Lipinski definition) is 2. The summed E-state index contributed by atoms with van der Waals surface area (Å²) in [6.45, 7) is 1.94. The van der Waals surface area contributed by atoms with Crippen LogP contribution in [0.4, 0.5) is 13.2 Å². The molecule has 3 nitrogen and oxygen atoms in total. The Bertz CT molecular complexity index is 527. The average molecular weight is 301 g/mol. The second-order valence-corrected chi connectivity index (χ2v) is 5.84. The van der Waals surface area contributed by atoms with Crippen LogP contribution in [0.5, 0.6) is 0 Å². The molecule has 1 amide bonds. The summed E-state index contributed by atoms with van der Waals surface area (Å²) in [5, 5.41) is 12.4. The molecule has 1 saturated carbocycles. The first-order valence-corrected chi connectivity index (χ1v) is 6.94. The lowest BCUT2D eigenvalue weighted by atomic mass is 9.73. The molecule has 1 aromatic carbocycles. The van der Waals surface area contributed by atoms with Gasteiger partial charge in [-0.15, -0.1) is 0 Å². The van der Waals surface area contributed by atoms with Gasteiger partial charge in [-0.05, 0) is 12.8 Å². The van der Waals surface area contributed by atoms with E-state index in [1.54, 1.807) is 0 Å². The number of aliphatic hydroxyl groups is 1. The zero-order chi connectivity index (χ0) is 15.6. The number of benzene rings is 1.